The van der Waals surface area contributed by atoms with E-state index in [4.69, 9.17) is 38.6 Å². The predicted octanol–water partition coefficient (Wildman–Crippen LogP) is 4.36. The van der Waals surface area contributed by atoms with E-state index >= 15 is 0 Å². The molecule has 0 amide bonds. The molecular formula is C12H15Cl3O3S. The van der Waals surface area contributed by atoms with Gasteiger partial charge in [-0.1, -0.05) is 36.5 Å². The Kier molecular flexibility index (Phi) is 6.74. The molecule has 1 atom stereocenters. The molecule has 1 aromatic rings. The molecule has 19 heavy (non-hydrogen) atoms. The van der Waals surface area contributed by atoms with Crippen molar-refractivity contribution in [3.05, 3.63) is 28.2 Å². The van der Waals surface area contributed by atoms with Gasteiger partial charge < -0.3 is 4.74 Å². The molecule has 108 valence electrons. The van der Waals surface area contributed by atoms with Crippen molar-refractivity contribution in [2.75, 3.05) is 12.4 Å². The lowest BCUT2D eigenvalue weighted by Crippen LogP contribution is -2.19. The quantitative estimate of drug-likeness (QED) is 0.690. The second-order valence-electron chi connectivity index (χ2n) is 4.28. The molecule has 1 unspecified atom stereocenters. The van der Waals surface area contributed by atoms with E-state index in [0.29, 0.717) is 15.8 Å². The van der Waals surface area contributed by atoms with E-state index in [1.54, 1.807) is 18.2 Å². The third kappa shape index (κ3) is 7.25. The van der Waals surface area contributed by atoms with Gasteiger partial charge in [0.25, 0.3) is 0 Å². The van der Waals surface area contributed by atoms with Gasteiger partial charge in [-0.3, -0.25) is 0 Å². The molecule has 0 saturated carbocycles. The molecule has 1 rings (SSSR count). The molecule has 1 aromatic carbocycles. The molecule has 0 fully saturated rings. The largest absolute Gasteiger partial charge is 0.493 e. The molecule has 0 heterocycles. The smallest absolute Gasteiger partial charge is 0.232 e. The minimum atomic E-state index is -3.53. The van der Waals surface area contributed by atoms with Crippen LogP contribution >= 0.6 is 33.9 Å². The van der Waals surface area contributed by atoms with Crippen molar-refractivity contribution in [3.8, 4) is 5.75 Å². The van der Waals surface area contributed by atoms with Crippen molar-refractivity contribution >= 4 is 42.9 Å². The second-order valence-corrected chi connectivity index (χ2v) is 7.97. The molecule has 0 aliphatic carbocycles. The van der Waals surface area contributed by atoms with Crippen LogP contribution in [0.15, 0.2) is 18.2 Å². The Bertz CT molecular complexity index is 497. The average molecular weight is 346 g/mol. The van der Waals surface area contributed by atoms with E-state index in [1.165, 1.54) is 0 Å². The van der Waals surface area contributed by atoms with E-state index in [9.17, 15) is 8.42 Å². The molecular weight excluding hydrogens is 331 g/mol. The summed E-state index contributed by atoms with van der Waals surface area (Å²) in [6, 6.07) is 4.86. The van der Waals surface area contributed by atoms with Gasteiger partial charge in [-0.2, -0.15) is 0 Å². The fraction of sp³-hybridized carbons (Fsp3) is 0.500. The van der Waals surface area contributed by atoms with Crippen LogP contribution in [-0.4, -0.2) is 20.8 Å². The lowest BCUT2D eigenvalue weighted by Gasteiger charge is -2.15. The van der Waals surface area contributed by atoms with Crippen LogP contribution in [0.25, 0.3) is 0 Å². The Morgan fingerprint density at radius 1 is 1.21 bits per heavy atom. The molecule has 0 aliphatic rings. The van der Waals surface area contributed by atoms with Gasteiger partial charge in [-0.25, -0.2) is 8.42 Å². The number of rotatable bonds is 7. The average Bonchev–Trinajstić information content (AvgIpc) is 2.23. The van der Waals surface area contributed by atoms with Crippen LogP contribution in [0.5, 0.6) is 5.75 Å². The van der Waals surface area contributed by atoms with E-state index in [0.717, 1.165) is 12.8 Å². The summed E-state index contributed by atoms with van der Waals surface area (Å²) in [5.41, 5.74) is 0. The zero-order chi connectivity index (χ0) is 14.5. The molecule has 0 aliphatic heterocycles. The van der Waals surface area contributed by atoms with E-state index in [2.05, 4.69) is 0 Å². The minimum Gasteiger partial charge on any atom is -0.493 e. The van der Waals surface area contributed by atoms with Crippen LogP contribution in [0.3, 0.4) is 0 Å². The molecule has 0 aromatic heterocycles. The Hall–Kier alpha value is -0.160. The lowest BCUT2D eigenvalue weighted by atomic mass is 10.1. The second kappa shape index (κ2) is 7.58. The third-order valence-electron chi connectivity index (χ3n) is 2.45. The highest BCUT2D eigenvalue weighted by atomic mass is 35.7. The summed E-state index contributed by atoms with van der Waals surface area (Å²) in [5, 5.41) is 0.944. The zero-order valence-corrected chi connectivity index (χ0v) is 13.5. The van der Waals surface area contributed by atoms with Crippen LogP contribution in [0.2, 0.25) is 10.0 Å². The van der Waals surface area contributed by atoms with E-state index in [1.807, 2.05) is 6.92 Å². The Labute approximate surface area is 128 Å². The van der Waals surface area contributed by atoms with Crippen molar-refractivity contribution < 1.29 is 13.2 Å². The first-order valence-corrected chi connectivity index (χ1v) is 9.05. The molecule has 0 saturated heterocycles. The monoisotopic (exact) mass is 344 g/mol. The number of benzene rings is 1. The van der Waals surface area contributed by atoms with Gasteiger partial charge in [0.15, 0.2) is 0 Å². The van der Waals surface area contributed by atoms with Gasteiger partial charge in [-0.15, -0.1) is 0 Å². The first-order valence-electron chi connectivity index (χ1n) is 5.81. The number of hydrogen-bond donors (Lipinski definition) is 0. The maximum atomic E-state index is 11.1. The summed E-state index contributed by atoms with van der Waals surface area (Å²) >= 11 is 11.7. The summed E-state index contributed by atoms with van der Waals surface area (Å²) in [5.74, 6) is 0.271. The number of hydrogen-bond acceptors (Lipinski definition) is 3. The first kappa shape index (κ1) is 16.9. The van der Waals surface area contributed by atoms with Gasteiger partial charge in [-0.05, 0) is 24.6 Å². The summed E-state index contributed by atoms with van der Waals surface area (Å²) < 4.78 is 27.7. The molecule has 3 nitrogen and oxygen atoms in total. The van der Waals surface area contributed by atoms with Crippen LogP contribution in [0, 0.1) is 5.92 Å². The molecule has 0 N–H and O–H groups in total. The number of halogens is 3. The standard InChI is InChI=1S/C12H15Cl3O3S/c1-2-3-9(8-19(15,16)17)7-18-12-5-10(13)4-11(14)6-12/h4-6,9H,2-3,7-8H2,1H3. The molecule has 0 spiro atoms. The first-order chi connectivity index (χ1) is 8.80. The van der Waals surface area contributed by atoms with Crippen LogP contribution in [-0.2, 0) is 9.05 Å². The van der Waals surface area contributed by atoms with Gasteiger partial charge in [0, 0.05) is 26.6 Å². The van der Waals surface area contributed by atoms with Crippen LogP contribution < -0.4 is 4.74 Å². The summed E-state index contributed by atoms with van der Waals surface area (Å²) in [6.07, 6.45) is 1.58. The summed E-state index contributed by atoms with van der Waals surface area (Å²) in [7, 11) is 1.74. The van der Waals surface area contributed by atoms with Crippen molar-refractivity contribution in [2.45, 2.75) is 19.8 Å². The van der Waals surface area contributed by atoms with Crippen molar-refractivity contribution in [2.24, 2.45) is 5.92 Å². The third-order valence-corrected chi connectivity index (χ3v) is 4.14. The zero-order valence-electron chi connectivity index (χ0n) is 10.4. The Morgan fingerprint density at radius 2 is 1.79 bits per heavy atom. The van der Waals surface area contributed by atoms with Gasteiger partial charge in [0.05, 0.1) is 12.4 Å². The SMILES string of the molecule is CCCC(COc1cc(Cl)cc(Cl)c1)CS(=O)(=O)Cl. The van der Waals surface area contributed by atoms with Crippen LogP contribution in [0.1, 0.15) is 19.8 Å². The van der Waals surface area contributed by atoms with Gasteiger partial charge in [0.2, 0.25) is 9.05 Å². The van der Waals surface area contributed by atoms with E-state index < -0.39 is 9.05 Å². The van der Waals surface area contributed by atoms with Gasteiger partial charge >= 0.3 is 0 Å². The van der Waals surface area contributed by atoms with Crippen molar-refractivity contribution in [1.82, 2.24) is 0 Å². The minimum absolute atomic E-state index is 0.101. The highest BCUT2D eigenvalue weighted by molar-refractivity contribution is 8.13. The predicted molar refractivity (Wildman–Crippen MR) is 80.0 cm³/mol. The van der Waals surface area contributed by atoms with Crippen molar-refractivity contribution in [1.29, 1.82) is 0 Å². The normalized spacial score (nSPS) is 13.3. The summed E-state index contributed by atoms with van der Waals surface area (Å²) in [6.45, 7) is 2.24. The maximum Gasteiger partial charge on any atom is 0.232 e. The fourth-order valence-electron chi connectivity index (χ4n) is 1.73. The maximum absolute atomic E-state index is 11.1. The highest BCUT2D eigenvalue weighted by Crippen LogP contribution is 2.25. The molecule has 0 bridgehead atoms. The van der Waals surface area contributed by atoms with Crippen LogP contribution in [0.4, 0.5) is 0 Å². The highest BCUT2D eigenvalue weighted by Gasteiger charge is 2.17. The number of ether oxygens (including phenoxy) is 1. The van der Waals surface area contributed by atoms with Gasteiger partial charge in [0.1, 0.15) is 5.75 Å². The summed E-state index contributed by atoms with van der Waals surface area (Å²) in [4.78, 5) is 0. The Morgan fingerprint density at radius 3 is 2.26 bits per heavy atom. The fourth-order valence-corrected chi connectivity index (χ4v) is 3.60. The molecule has 0 radical (unpaired) electrons. The topological polar surface area (TPSA) is 43.4 Å². The van der Waals surface area contributed by atoms with Crippen molar-refractivity contribution in [3.63, 3.8) is 0 Å². The van der Waals surface area contributed by atoms with E-state index in [-0.39, 0.29) is 18.3 Å². The lowest BCUT2D eigenvalue weighted by molar-refractivity contribution is 0.253. The molecule has 7 heteroatoms. The Balaban J connectivity index is 2.65.